The molecule has 1 aromatic heterocycles. The summed E-state index contributed by atoms with van der Waals surface area (Å²) in [7, 11) is 1.93. The van der Waals surface area contributed by atoms with Crippen LogP contribution in [0.4, 0.5) is 0 Å². The first kappa shape index (κ1) is 10.6. The summed E-state index contributed by atoms with van der Waals surface area (Å²) in [6, 6.07) is 3.97. The summed E-state index contributed by atoms with van der Waals surface area (Å²) in [6.07, 6.45) is 1.06. The molecule has 0 saturated heterocycles. The van der Waals surface area contributed by atoms with Gasteiger partial charge in [-0.25, -0.2) is 0 Å². The predicted octanol–water partition coefficient (Wildman–Crippen LogP) is 3.24. The van der Waals surface area contributed by atoms with Crippen LogP contribution in [0, 0.1) is 5.92 Å². The predicted molar refractivity (Wildman–Crippen MR) is 55.0 cm³/mol. The minimum atomic E-state index is 0.271. The summed E-state index contributed by atoms with van der Waals surface area (Å²) < 4.78 is 5.34. The number of hydrogen-bond acceptors (Lipinski definition) is 2. The van der Waals surface area contributed by atoms with Gasteiger partial charge in [0.25, 0.3) is 0 Å². The molecule has 0 aliphatic heterocycles. The minimum absolute atomic E-state index is 0.271. The number of hydrogen-bond donors (Lipinski definition) is 1. The van der Waals surface area contributed by atoms with Crippen molar-refractivity contribution >= 4 is 11.6 Å². The van der Waals surface area contributed by atoms with Gasteiger partial charge in [-0.1, -0.05) is 13.8 Å². The Morgan fingerprint density at radius 2 is 2.15 bits per heavy atom. The molecule has 1 atom stereocenters. The quantitative estimate of drug-likeness (QED) is 0.809. The molecule has 0 radical (unpaired) electrons. The standard InChI is InChI=1S/C10H16ClNO/c1-7(2)6-8(12-3)9-4-5-10(11)13-9/h4-5,7-8,12H,6H2,1-3H3. The Balaban J connectivity index is 2.66. The van der Waals surface area contributed by atoms with Crippen molar-refractivity contribution in [2.24, 2.45) is 5.92 Å². The van der Waals surface area contributed by atoms with Crippen molar-refractivity contribution in [1.29, 1.82) is 0 Å². The average molecular weight is 202 g/mol. The number of rotatable bonds is 4. The molecular weight excluding hydrogens is 186 g/mol. The van der Waals surface area contributed by atoms with Crippen LogP contribution in [0.2, 0.25) is 5.22 Å². The van der Waals surface area contributed by atoms with E-state index in [-0.39, 0.29) is 6.04 Å². The van der Waals surface area contributed by atoms with Crippen molar-refractivity contribution in [2.75, 3.05) is 7.05 Å². The average Bonchev–Trinajstić information content (AvgIpc) is 2.47. The van der Waals surface area contributed by atoms with Gasteiger partial charge >= 0.3 is 0 Å². The van der Waals surface area contributed by atoms with Gasteiger partial charge in [0.2, 0.25) is 0 Å². The second-order valence-electron chi connectivity index (χ2n) is 3.61. The zero-order valence-electron chi connectivity index (χ0n) is 8.30. The third-order valence-electron chi connectivity index (χ3n) is 1.99. The van der Waals surface area contributed by atoms with Gasteiger partial charge in [0.1, 0.15) is 5.76 Å². The van der Waals surface area contributed by atoms with E-state index in [0.717, 1.165) is 12.2 Å². The first-order valence-electron chi connectivity index (χ1n) is 4.56. The Hall–Kier alpha value is -0.470. The van der Waals surface area contributed by atoms with Crippen LogP contribution in [0.25, 0.3) is 0 Å². The summed E-state index contributed by atoms with van der Waals surface area (Å²) >= 11 is 5.70. The molecule has 2 nitrogen and oxygen atoms in total. The molecule has 0 spiro atoms. The van der Waals surface area contributed by atoms with Gasteiger partial charge in [0.05, 0.1) is 6.04 Å². The monoisotopic (exact) mass is 201 g/mol. The lowest BCUT2D eigenvalue weighted by atomic mass is 10.0. The molecule has 1 rings (SSSR count). The van der Waals surface area contributed by atoms with Crippen LogP contribution in [0.5, 0.6) is 0 Å². The van der Waals surface area contributed by atoms with Crippen molar-refractivity contribution in [1.82, 2.24) is 5.32 Å². The lowest BCUT2D eigenvalue weighted by Crippen LogP contribution is -2.17. The summed E-state index contributed by atoms with van der Waals surface area (Å²) in [5.41, 5.74) is 0. The zero-order valence-corrected chi connectivity index (χ0v) is 9.06. The first-order chi connectivity index (χ1) is 6.13. The molecule has 3 heteroatoms. The molecule has 0 aliphatic rings. The molecule has 1 heterocycles. The smallest absolute Gasteiger partial charge is 0.193 e. The Kier molecular flexibility index (Phi) is 3.82. The van der Waals surface area contributed by atoms with Gasteiger partial charge in [-0.05, 0) is 43.1 Å². The van der Waals surface area contributed by atoms with Crippen LogP contribution >= 0.6 is 11.6 Å². The lowest BCUT2D eigenvalue weighted by Gasteiger charge is -2.15. The van der Waals surface area contributed by atoms with Crippen molar-refractivity contribution in [3.63, 3.8) is 0 Å². The topological polar surface area (TPSA) is 25.2 Å². The van der Waals surface area contributed by atoms with Gasteiger partial charge in [-0.15, -0.1) is 0 Å². The molecule has 1 aromatic rings. The van der Waals surface area contributed by atoms with E-state index in [1.165, 1.54) is 0 Å². The van der Waals surface area contributed by atoms with Gasteiger partial charge in [0.15, 0.2) is 5.22 Å². The number of furan rings is 1. The van der Waals surface area contributed by atoms with Gasteiger partial charge < -0.3 is 9.73 Å². The Morgan fingerprint density at radius 1 is 1.46 bits per heavy atom. The lowest BCUT2D eigenvalue weighted by molar-refractivity contribution is 0.379. The van der Waals surface area contributed by atoms with Crippen molar-refractivity contribution in [3.8, 4) is 0 Å². The molecule has 0 aromatic carbocycles. The highest BCUT2D eigenvalue weighted by Gasteiger charge is 2.14. The van der Waals surface area contributed by atoms with Crippen LogP contribution in [0.15, 0.2) is 16.5 Å². The Labute approximate surface area is 84.3 Å². The Bertz CT molecular complexity index is 257. The van der Waals surface area contributed by atoms with Crippen LogP contribution in [-0.2, 0) is 0 Å². The largest absolute Gasteiger partial charge is 0.448 e. The maximum absolute atomic E-state index is 5.70. The summed E-state index contributed by atoms with van der Waals surface area (Å²) in [5, 5.41) is 3.67. The van der Waals surface area contributed by atoms with Crippen LogP contribution in [0.1, 0.15) is 32.1 Å². The molecule has 0 fully saturated rings. The van der Waals surface area contributed by atoms with E-state index in [9.17, 15) is 0 Å². The highest BCUT2D eigenvalue weighted by molar-refractivity contribution is 6.28. The third-order valence-corrected chi connectivity index (χ3v) is 2.20. The third kappa shape index (κ3) is 3.05. The van der Waals surface area contributed by atoms with Crippen molar-refractivity contribution < 1.29 is 4.42 Å². The van der Waals surface area contributed by atoms with Crippen molar-refractivity contribution in [3.05, 3.63) is 23.1 Å². The molecule has 0 aliphatic carbocycles. The molecular formula is C10H16ClNO. The molecule has 1 N–H and O–H groups in total. The molecule has 0 amide bonds. The van der Waals surface area contributed by atoms with Crippen LogP contribution in [-0.4, -0.2) is 7.05 Å². The molecule has 1 unspecified atom stereocenters. The maximum atomic E-state index is 5.70. The van der Waals surface area contributed by atoms with Gasteiger partial charge in [-0.2, -0.15) is 0 Å². The van der Waals surface area contributed by atoms with E-state index in [1.54, 1.807) is 6.07 Å². The second kappa shape index (κ2) is 4.68. The minimum Gasteiger partial charge on any atom is -0.448 e. The second-order valence-corrected chi connectivity index (χ2v) is 3.99. The maximum Gasteiger partial charge on any atom is 0.193 e. The number of halogens is 1. The fourth-order valence-electron chi connectivity index (χ4n) is 1.36. The number of nitrogens with one attached hydrogen (secondary N) is 1. The molecule has 0 saturated carbocycles. The van der Waals surface area contributed by atoms with Gasteiger partial charge in [-0.3, -0.25) is 0 Å². The summed E-state index contributed by atoms with van der Waals surface area (Å²) in [6.45, 7) is 4.38. The summed E-state index contributed by atoms with van der Waals surface area (Å²) in [4.78, 5) is 0. The molecule has 13 heavy (non-hydrogen) atoms. The normalized spacial score (nSPS) is 13.6. The van der Waals surface area contributed by atoms with E-state index in [4.69, 9.17) is 16.0 Å². The van der Waals surface area contributed by atoms with Crippen LogP contribution < -0.4 is 5.32 Å². The highest BCUT2D eigenvalue weighted by atomic mass is 35.5. The highest BCUT2D eigenvalue weighted by Crippen LogP contribution is 2.24. The van der Waals surface area contributed by atoms with E-state index in [2.05, 4.69) is 19.2 Å². The van der Waals surface area contributed by atoms with Gasteiger partial charge in [0, 0.05) is 0 Å². The molecule has 74 valence electrons. The van der Waals surface area contributed by atoms with E-state index >= 15 is 0 Å². The van der Waals surface area contributed by atoms with E-state index < -0.39 is 0 Å². The zero-order chi connectivity index (χ0) is 9.84. The fourth-order valence-corrected chi connectivity index (χ4v) is 1.52. The van der Waals surface area contributed by atoms with Crippen molar-refractivity contribution in [2.45, 2.75) is 26.3 Å². The van der Waals surface area contributed by atoms with E-state index in [1.807, 2.05) is 13.1 Å². The molecule has 0 bridgehead atoms. The SMILES string of the molecule is CNC(CC(C)C)c1ccc(Cl)o1. The first-order valence-corrected chi connectivity index (χ1v) is 4.93. The fraction of sp³-hybridized carbons (Fsp3) is 0.600. The van der Waals surface area contributed by atoms with Crippen LogP contribution in [0.3, 0.4) is 0 Å². The van der Waals surface area contributed by atoms with E-state index in [0.29, 0.717) is 11.1 Å². The Morgan fingerprint density at radius 3 is 2.54 bits per heavy atom. The summed E-state index contributed by atoms with van der Waals surface area (Å²) in [5.74, 6) is 1.56.